The molecule has 5 nitrogen and oxygen atoms in total. The molecule has 1 aliphatic rings. The summed E-state index contributed by atoms with van der Waals surface area (Å²) in [5.41, 5.74) is 1.27. The normalized spacial score (nSPS) is 18.1. The average Bonchev–Trinajstić information content (AvgIpc) is 3.20. The lowest BCUT2D eigenvalue weighted by molar-refractivity contribution is -0.132. The van der Waals surface area contributed by atoms with E-state index in [1.165, 1.54) is 28.4 Å². The van der Waals surface area contributed by atoms with Crippen LogP contribution < -0.4 is 4.90 Å². The van der Waals surface area contributed by atoms with Gasteiger partial charge in [0.25, 0.3) is 5.78 Å². The number of halogens is 3. The summed E-state index contributed by atoms with van der Waals surface area (Å²) >= 11 is 13.5. The first-order chi connectivity index (χ1) is 14.7. The third-order valence-electron chi connectivity index (χ3n) is 5.04. The van der Waals surface area contributed by atoms with Gasteiger partial charge in [-0.2, -0.15) is 0 Å². The number of thiazole rings is 1. The van der Waals surface area contributed by atoms with Gasteiger partial charge in [0.05, 0.1) is 27.4 Å². The molecule has 2 aromatic carbocycles. The van der Waals surface area contributed by atoms with Crippen LogP contribution >= 0.6 is 34.5 Å². The molecular formula is C22H15Cl2FN2O3S. The highest BCUT2D eigenvalue weighted by Crippen LogP contribution is 2.44. The number of amides is 1. The Hall–Kier alpha value is -2.74. The first-order valence-electron chi connectivity index (χ1n) is 9.15. The van der Waals surface area contributed by atoms with Crippen molar-refractivity contribution in [1.82, 2.24) is 4.98 Å². The van der Waals surface area contributed by atoms with Gasteiger partial charge >= 0.3 is 5.91 Å². The van der Waals surface area contributed by atoms with Crippen molar-refractivity contribution in [1.29, 1.82) is 0 Å². The number of hydrogen-bond donors (Lipinski definition) is 1. The van der Waals surface area contributed by atoms with E-state index >= 15 is 0 Å². The third kappa shape index (κ3) is 3.73. The summed E-state index contributed by atoms with van der Waals surface area (Å²) in [4.78, 5) is 32.6. The predicted octanol–water partition coefficient (Wildman–Crippen LogP) is 5.83. The highest BCUT2D eigenvalue weighted by atomic mass is 35.5. The van der Waals surface area contributed by atoms with Crippen molar-refractivity contribution in [2.75, 3.05) is 4.90 Å². The maximum absolute atomic E-state index is 13.4. The van der Waals surface area contributed by atoms with E-state index < -0.39 is 29.3 Å². The SMILES string of the molecule is Cc1nc(N2C(=O)C(=O)C(=C(O)c3ccc(F)cc3)[C@@H]2c2ccc(Cl)c(Cl)c2)sc1C. The minimum atomic E-state index is -0.982. The molecule has 1 aliphatic heterocycles. The molecule has 0 bridgehead atoms. The van der Waals surface area contributed by atoms with Crippen molar-refractivity contribution in [2.24, 2.45) is 0 Å². The molecule has 9 heteroatoms. The second-order valence-electron chi connectivity index (χ2n) is 6.99. The summed E-state index contributed by atoms with van der Waals surface area (Å²) in [5, 5.41) is 11.8. The van der Waals surface area contributed by atoms with Crippen molar-refractivity contribution in [3.8, 4) is 0 Å². The molecule has 1 saturated heterocycles. The molecule has 1 fully saturated rings. The van der Waals surface area contributed by atoms with Gasteiger partial charge in [-0.15, -0.1) is 11.3 Å². The Morgan fingerprint density at radius 2 is 1.77 bits per heavy atom. The summed E-state index contributed by atoms with van der Waals surface area (Å²) in [7, 11) is 0. The van der Waals surface area contributed by atoms with Crippen molar-refractivity contribution in [3.05, 3.63) is 85.6 Å². The Morgan fingerprint density at radius 3 is 2.35 bits per heavy atom. The number of carbonyl (C=O) groups is 2. The third-order valence-corrected chi connectivity index (χ3v) is 6.86. The molecule has 0 aliphatic carbocycles. The van der Waals surface area contributed by atoms with Crippen molar-refractivity contribution < 1.29 is 19.1 Å². The minimum Gasteiger partial charge on any atom is -0.507 e. The summed E-state index contributed by atoms with van der Waals surface area (Å²) in [6, 6.07) is 8.73. The number of Topliss-reactive ketones (excluding diaryl/α,β-unsaturated/α-hetero) is 1. The molecule has 158 valence electrons. The molecule has 1 N–H and O–H groups in total. The van der Waals surface area contributed by atoms with E-state index in [0.29, 0.717) is 15.7 Å². The highest BCUT2D eigenvalue weighted by Gasteiger charge is 2.48. The Labute approximate surface area is 191 Å². The number of carbonyl (C=O) groups excluding carboxylic acids is 2. The predicted molar refractivity (Wildman–Crippen MR) is 119 cm³/mol. The molecule has 31 heavy (non-hydrogen) atoms. The zero-order valence-electron chi connectivity index (χ0n) is 16.3. The molecule has 1 aromatic heterocycles. The fraction of sp³-hybridized carbons (Fsp3) is 0.136. The van der Waals surface area contributed by atoms with Gasteiger partial charge in [0.2, 0.25) is 0 Å². The number of benzene rings is 2. The van der Waals surface area contributed by atoms with E-state index in [4.69, 9.17) is 23.2 Å². The van der Waals surface area contributed by atoms with Crippen LogP contribution in [-0.4, -0.2) is 21.8 Å². The van der Waals surface area contributed by atoms with Crippen LogP contribution in [0, 0.1) is 19.7 Å². The van der Waals surface area contributed by atoms with E-state index in [9.17, 15) is 19.1 Å². The fourth-order valence-corrected chi connectivity index (χ4v) is 4.59. The monoisotopic (exact) mass is 476 g/mol. The lowest BCUT2D eigenvalue weighted by Gasteiger charge is -2.23. The van der Waals surface area contributed by atoms with Gasteiger partial charge in [-0.05, 0) is 55.8 Å². The van der Waals surface area contributed by atoms with Crippen LogP contribution in [0.1, 0.15) is 27.7 Å². The Balaban J connectivity index is 1.97. The molecule has 1 atom stereocenters. The van der Waals surface area contributed by atoms with Crippen LogP contribution in [-0.2, 0) is 9.59 Å². The molecule has 0 unspecified atom stereocenters. The number of hydrogen-bond acceptors (Lipinski definition) is 5. The van der Waals surface area contributed by atoms with Crippen molar-refractivity contribution in [2.45, 2.75) is 19.9 Å². The Kier molecular flexibility index (Phi) is 5.60. The maximum atomic E-state index is 13.4. The summed E-state index contributed by atoms with van der Waals surface area (Å²) < 4.78 is 13.4. The second kappa shape index (κ2) is 8.07. The van der Waals surface area contributed by atoms with E-state index in [1.807, 2.05) is 6.92 Å². The topological polar surface area (TPSA) is 70.5 Å². The fourth-order valence-electron chi connectivity index (χ4n) is 3.35. The number of rotatable bonds is 3. The van der Waals surface area contributed by atoms with Gasteiger partial charge in [-0.3, -0.25) is 14.5 Å². The van der Waals surface area contributed by atoms with E-state index in [2.05, 4.69) is 4.98 Å². The van der Waals surface area contributed by atoms with E-state index in [1.54, 1.807) is 25.1 Å². The van der Waals surface area contributed by atoms with Gasteiger partial charge in [0, 0.05) is 10.4 Å². The van der Waals surface area contributed by atoms with Crippen LogP contribution in [0.25, 0.3) is 5.76 Å². The van der Waals surface area contributed by atoms with Gasteiger partial charge in [0.1, 0.15) is 11.6 Å². The van der Waals surface area contributed by atoms with E-state index in [-0.39, 0.29) is 16.2 Å². The largest absolute Gasteiger partial charge is 0.507 e. The first-order valence-corrected chi connectivity index (χ1v) is 10.7. The van der Waals surface area contributed by atoms with Gasteiger partial charge in [-0.25, -0.2) is 9.37 Å². The maximum Gasteiger partial charge on any atom is 0.301 e. The first kappa shape index (κ1) is 21.5. The lowest BCUT2D eigenvalue weighted by Crippen LogP contribution is -2.29. The minimum absolute atomic E-state index is 0.138. The zero-order valence-corrected chi connectivity index (χ0v) is 18.6. The average molecular weight is 477 g/mol. The standard InChI is InChI=1S/C22H15Cl2FN2O3S/c1-10-11(2)31-22(26-10)27-18(13-5-8-15(23)16(24)9-13)17(20(29)21(27)30)19(28)12-3-6-14(25)7-4-12/h3-9,18,28H,1-2H3/t18-/m0/s1. The van der Waals surface area contributed by atoms with Gasteiger partial charge in [-0.1, -0.05) is 29.3 Å². The smallest absolute Gasteiger partial charge is 0.301 e. The molecule has 2 heterocycles. The molecule has 0 radical (unpaired) electrons. The van der Waals surface area contributed by atoms with Crippen LogP contribution in [0.5, 0.6) is 0 Å². The van der Waals surface area contributed by atoms with Gasteiger partial charge < -0.3 is 5.11 Å². The van der Waals surface area contributed by atoms with Crippen LogP contribution in [0.2, 0.25) is 10.0 Å². The number of aromatic nitrogens is 1. The summed E-state index contributed by atoms with van der Waals surface area (Å²) in [6.45, 7) is 3.67. The van der Waals surface area contributed by atoms with Crippen molar-refractivity contribution in [3.63, 3.8) is 0 Å². The quantitative estimate of drug-likeness (QED) is 0.293. The molecule has 0 spiro atoms. The second-order valence-corrected chi connectivity index (χ2v) is 8.98. The Bertz CT molecular complexity index is 1230. The summed E-state index contributed by atoms with van der Waals surface area (Å²) in [6.07, 6.45) is 0. The Morgan fingerprint density at radius 1 is 1.10 bits per heavy atom. The molecular weight excluding hydrogens is 462 g/mol. The molecule has 3 aromatic rings. The number of ketones is 1. The van der Waals surface area contributed by atoms with Crippen LogP contribution in [0.3, 0.4) is 0 Å². The molecule has 4 rings (SSSR count). The number of aliphatic hydroxyl groups excluding tert-OH is 1. The summed E-state index contributed by atoms with van der Waals surface area (Å²) in [5.74, 6) is -2.61. The van der Waals surface area contributed by atoms with E-state index in [0.717, 1.165) is 22.7 Å². The number of aryl methyl sites for hydroxylation is 2. The number of anilines is 1. The zero-order chi connectivity index (χ0) is 22.4. The molecule has 1 amide bonds. The number of aliphatic hydroxyl groups is 1. The van der Waals surface area contributed by atoms with Crippen molar-refractivity contribution >= 4 is 57.1 Å². The molecule has 0 saturated carbocycles. The van der Waals surface area contributed by atoms with Gasteiger partial charge in [0.15, 0.2) is 5.13 Å². The lowest BCUT2D eigenvalue weighted by atomic mass is 9.95. The highest BCUT2D eigenvalue weighted by molar-refractivity contribution is 7.16. The van der Waals surface area contributed by atoms with Crippen LogP contribution in [0.15, 0.2) is 48.0 Å². The van der Waals surface area contributed by atoms with Crippen LogP contribution in [0.4, 0.5) is 9.52 Å². The number of nitrogens with zero attached hydrogens (tertiary/aromatic N) is 2.